The Labute approximate surface area is 228 Å². The van der Waals surface area contributed by atoms with E-state index in [1.54, 1.807) is 63.0 Å². The number of rotatable bonds is 6. The van der Waals surface area contributed by atoms with E-state index in [4.69, 9.17) is 9.47 Å². The number of aromatic nitrogens is 2. The van der Waals surface area contributed by atoms with Gasteiger partial charge in [-0.1, -0.05) is 0 Å². The molecular formula is C27H29F2N5O6. The molecule has 0 radical (unpaired) electrons. The zero-order chi connectivity index (χ0) is 29.2. The number of halogens is 2. The van der Waals surface area contributed by atoms with Crippen LogP contribution >= 0.6 is 0 Å². The third-order valence-electron chi connectivity index (χ3n) is 5.98. The van der Waals surface area contributed by atoms with Gasteiger partial charge >= 0.3 is 18.1 Å². The quantitative estimate of drug-likeness (QED) is 0.394. The second-order valence-corrected chi connectivity index (χ2v) is 10.2. The standard InChI is InChI=1S/C27H29F2N5O6/c1-27(2,3)40-26(38)34-14-17(13-22(34)24(35)36)39-23-8-6-16(12-18(23)21-9-10-30-33(21)4)31-25(37)32-20-7-5-15(28)11-19(20)29/h5-12,17,22H,13-14H2,1-4H3,(H,35,36)(H2,31,32,37)/t17-,22-/m1/s1. The van der Waals surface area contributed by atoms with E-state index in [0.717, 1.165) is 17.0 Å². The Morgan fingerprint density at radius 2 is 1.82 bits per heavy atom. The Morgan fingerprint density at radius 1 is 1.07 bits per heavy atom. The number of aryl methyl sites for hydroxylation is 1. The molecule has 0 aliphatic carbocycles. The number of urea groups is 1. The van der Waals surface area contributed by atoms with Crippen LogP contribution in [0, 0.1) is 11.6 Å². The minimum Gasteiger partial charge on any atom is -0.488 e. The molecule has 11 nitrogen and oxygen atoms in total. The monoisotopic (exact) mass is 557 g/mol. The van der Waals surface area contributed by atoms with Crippen molar-refractivity contribution in [3.05, 3.63) is 60.3 Å². The fourth-order valence-corrected chi connectivity index (χ4v) is 4.24. The van der Waals surface area contributed by atoms with Crippen molar-refractivity contribution in [1.29, 1.82) is 0 Å². The molecular weight excluding hydrogens is 528 g/mol. The zero-order valence-electron chi connectivity index (χ0n) is 22.3. The van der Waals surface area contributed by atoms with Crippen LogP contribution in [0.15, 0.2) is 48.7 Å². The number of nitrogens with zero attached hydrogens (tertiary/aromatic N) is 3. The average molecular weight is 558 g/mol. The predicted octanol–water partition coefficient (Wildman–Crippen LogP) is 4.85. The van der Waals surface area contributed by atoms with Crippen molar-refractivity contribution in [3.63, 3.8) is 0 Å². The van der Waals surface area contributed by atoms with E-state index < -0.39 is 47.5 Å². The largest absolute Gasteiger partial charge is 0.488 e. The molecule has 3 amide bonds. The van der Waals surface area contributed by atoms with Crippen LogP contribution in [-0.2, 0) is 16.6 Å². The fraction of sp³-hybridized carbons (Fsp3) is 0.333. The van der Waals surface area contributed by atoms with Crippen molar-refractivity contribution in [2.45, 2.75) is 44.9 Å². The van der Waals surface area contributed by atoms with Crippen LogP contribution in [0.25, 0.3) is 11.3 Å². The second kappa shape index (κ2) is 11.2. The highest BCUT2D eigenvalue weighted by Crippen LogP contribution is 2.35. The molecule has 1 saturated heterocycles. The first-order valence-corrected chi connectivity index (χ1v) is 12.4. The van der Waals surface area contributed by atoms with Crippen molar-refractivity contribution >= 4 is 29.5 Å². The van der Waals surface area contributed by atoms with Crippen LogP contribution in [0.3, 0.4) is 0 Å². The number of likely N-dealkylation sites (tertiary alicyclic amines) is 1. The Kier molecular flexibility index (Phi) is 7.93. The predicted molar refractivity (Wildman–Crippen MR) is 141 cm³/mol. The normalized spacial score (nSPS) is 16.9. The molecule has 2 aromatic carbocycles. The van der Waals surface area contributed by atoms with E-state index in [2.05, 4.69) is 15.7 Å². The number of amides is 3. The van der Waals surface area contributed by atoms with Gasteiger partial charge in [0, 0.05) is 37.0 Å². The molecule has 1 aliphatic rings. The molecule has 1 aliphatic heterocycles. The lowest BCUT2D eigenvalue weighted by Crippen LogP contribution is -2.43. The Bertz CT molecular complexity index is 1440. The van der Waals surface area contributed by atoms with E-state index >= 15 is 0 Å². The molecule has 0 saturated carbocycles. The van der Waals surface area contributed by atoms with Crippen molar-refractivity contribution in [1.82, 2.24) is 14.7 Å². The lowest BCUT2D eigenvalue weighted by atomic mass is 10.1. The molecule has 4 rings (SSSR count). The molecule has 13 heteroatoms. The van der Waals surface area contributed by atoms with Gasteiger partial charge in [-0.15, -0.1) is 0 Å². The number of ether oxygens (including phenoxy) is 2. The van der Waals surface area contributed by atoms with Crippen molar-refractivity contribution in [2.24, 2.45) is 7.05 Å². The number of carbonyl (C=O) groups excluding carboxylic acids is 2. The Morgan fingerprint density at radius 3 is 2.45 bits per heavy atom. The molecule has 3 N–H and O–H groups in total. The summed E-state index contributed by atoms with van der Waals surface area (Å²) in [7, 11) is 1.71. The SMILES string of the molecule is Cn1nccc1-c1cc(NC(=O)Nc2ccc(F)cc2F)ccc1O[C@@H]1C[C@H](C(=O)O)N(C(=O)OC(C)(C)C)C1. The third kappa shape index (κ3) is 6.65. The molecule has 0 unspecified atom stereocenters. The van der Waals surface area contributed by atoms with E-state index in [-0.39, 0.29) is 18.7 Å². The highest BCUT2D eigenvalue weighted by molar-refractivity contribution is 6.00. The summed E-state index contributed by atoms with van der Waals surface area (Å²) in [5.41, 5.74) is 0.473. The summed E-state index contributed by atoms with van der Waals surface area (Å²) in [6, 6.07) is 7.36. The van der Waals surface area contributed by atoms with Crippen molar-refractivity contribution in [3.8, 4) is 17.0 Å². The third-order valence-corrected chi connectivity index (χ3v) is 5.98. The maximum absolute atomic E-state index is 13.9. The van der Waals surface area contributed by atoms with Crippen LogP contribution in [0.5, 0.6) is 5.75 Å². The number of nitrogens with one attached hydrogen (secondary N) is 2. The van der Waals surface area contributed by atoms with Crippen LogP contribution in [0.4, 0.5) is 29.7 Å². The van der Waals surface area contributed by atoms with Gasteiger partial charge in [-0.3, -0.25) is 9.58 Å². The van der Waals surface area contributed by atoms with E-state index in [0.29, 0.717) is 28.8 Å². The van der Waals surface area contributed by atoms with E-state index in [1.165, 1.54) is 0 Å². The van der Waals surface area contributed by atoms with Crippen LogP contribution in [-0.4, -0.2) is 62.2 Å². The van der Waals surface area contributed by atoms with Gasteiger partial charge in [0.2, 0.25) is 0 Å². The first-order chi connectivity index (χ1) is 18.8. The maximum Gasteiger partial charge on any atom is 0.411 e. The highest BCUT2D eigenvalue weighted by Gasteiger charge is 2.43. The number of hydrogen-bond donors (Lipinski definition) is 3. The van der Waals surface area contributed by atoms with Gasteiger partial charge in [-0.25, -0.2) is 23.2 Å². The first-order valence-electron chi connectivity index (χ1n) is 12.4. The number of carboxylic acids is 1. The van der Waals surface area contributed by atoms with Crippen molar-refractivity contribution < 1.29 is 37.7 Å². The van der Waals surface area contributed by atoms with Crippen LogP contribution in [0.1, 0.15) is 27.2 Å². The van der Waals surface area contributed by atoms with Gasteiger partial charge in [-0.05, 0) is 57.2 Å². The van der Waals surface area contributed by atoms with Gasteiger partial charge in [0.05, 0.1) is 17.9 Å². The summed E-state index contributed by atoms with van der Waals surface area (Å²) in [5.74, 6) is -2.51. The summed E-state index contributed by atoms with van der Waals surface area (Å²) in [6.07, 6.45) is 0.194. The number of aliphatic carboxylic acids is 1. The lowest BCUT2D eigenvalue weighted by molar-refractivity contribution is -0.142. The second-order valence-electron chi connectivity index (χ2n) is 10.2. The Balaban J connectivity index is 1.55. The van der Waals surface area contributed by atoms with Crippen LogP contribution < -0.4 is 15.4 Å². The number of carboxylic acid groups (broad SMARTS) is 1. The molecule has 2 atom stereocenters. The number of hydrogen-bond acceptors (Lipinski definition) is 6. The summed E-state index contributed by atoms with van der Waals surface area (Å²) in [6.45, 7) is 5.06. The summed E-state index contributed by atoms with van der Waals surface area (Å²) in [5, 5.41) is 18.8. The zero-order valence-corrected chi connectivity index (χ0v) is 22.3. The minimum absolute atomic E-state index is 0.0116. The maximum atomic E-state index is 13.9. The van der Waals surface area contributed by atoms with E-state index in [1.807, 2.05) is 0 Å². The minimum atomic E-state index is -1.17. The van der Waals surface area contributed by atoms with Gasteiger partial charge in [0.1, 0.15) is 35.1 Å². The molecule has 0 bridgehead atoms. The average Bonchev–Trinajstić information content (AvgIpc) is 3.47. The molecule has 212 valence electrons. The fourth-order valence-electron chi connectivity index (χ4n) is 4.24. The molecule has 3 aromatic rings. The van der Waals surface area contributed by atoms with Crippen molar-refractivity contribution in [2.75, 3.05) is 17.2 Å². The molecule has 1 aromatic heterocycles. The molecule has 40 heavy (non-hydrogen) atoms. The summed E-state index contributed by atoms with van der Waals surface area (Å²) in [4.78, 5) is 38.2. The topological polar surface area (TPSA) is 135 Å². The number of anilines is 2. The number of carbonyl (C=O) groups is 3. The highest BCUT2D eigenvalue weighted by atomic mass is 19.1. The van der Waals surface area contributed by atoms with Gasteiger partial charge in [-0.2, -0.15) is 5.10 Å². The van der Waals surface area contributed by atoms with Gasteiger partial charge < -0.3 is 25.2 Å². The first kappa shape index (κ1) is 28.3. The Hall–Kier alpha value is -4.68. The van der Waals surface area contributed by atoms with E-state index in [9.17, 15) is 28.3 Å². The molecule has 2 heterocycles. The van der Waals surface area contributed by atoms with Crippen LogP contribution in [0.2, 0.25) is 0 Å². The smallest absolute Gasteiger partial charge is 0.411 e. The lowest BCUT2D eigenvalue weighted by Gasteiger charge is -2.26. The molecule has 1 fully saturated rings. The number of benzene rings is 2. The van der Waals surface area contributed by atoms with Gasteiger partial charge in [0.25, 0.3) is 0 Å². The summed E-state index contributed by atoms with van der Waals surface area (Å²) < 4.78 is 40.3. The van der Waals surface area contributed by atoms with Gasteiger partial charge in [0.15, 0.2) is 0 Å². The molecule has 0 spiro atoms. The summed E-state index contributed by atoms with van der Waals surface area (Å²) >= 11 is 0.